The number of ether oxygens (including phenoxy) is 1. The van der Waals surface area contributed by atoms with E-state index in [-0.39, 0.29) is 24.1 Å². The van der Waals surface area contributed by atoms with Crippen molar-refractivity contribution in [1.82, 2.24) is 15.1 Å². The number of rotatable bonds is 5. The highest BCUT2D eigenvalue weighted by Gasteiger charge is 2.16. The maximum absolute atomic E-state index is 12.0. The molecule has 1 aromatic carbocycles. The van der Waals surface area contributed by atoms with Gasteiger partial charge in [-0.15, -0.1) is 0 Å². The molecule has 1 fully saturated rings. The van der Waals surface area contributed by atoms with Crippen molar-refractivity contribution in [1.29, 1.82) is 0 Å². The largest absolute Gasteiger partial charge is 0.376 e. The third-order valence-corrected chi connectivity index (χ3v) is 4.10. The molecule has 2 aromatic rings. The van der Waals surface area contributed by atoms with E-state index >= 15 is 0 Å². The highest BCUT2D eigenvalue weighted by molar-refractivity contribution is 6.30. The summed E-state index contributed by atoms with van der Waals surface area (Å²) in [5, 5.41) is 7.67. The summed E-state index contributed by atoms with van der Waals surface area (Å²) >= 11 is 5.87. The molecule has 7 heteroatoms. The second kappa shape index (κ2) is 7.59. The number of nitrogens with zero attached hydrogens (tertiary/aromatic N) is 2. The first-order valence-corrected chi connectivity index (χ1v) is 8.22. The Morgan fingerprint density at radius 2 is 2.08 bits per heavy atom. The maximum atomic E-state index is 12.0. The van der Waals surface area contributed by atoms with Crippen LogP contribution in [0.15, 0.2) is 41.2 Å². The summed E-state index contributed by atoms with van der Waals surface area (Å²) in [5.41, 5.74) is 1.12. The van der Waals surface area contributed by atoms with E-state index in [0.717, 1.165) is 29.7 Å². The minimum Gasteiger partial charge on any atom is -0.376 e. The normalized spacial score (nSPS) is 17.0. The van der Waals surface area contributed by atoms with Crippen molar-refractivity contribution in [2.45, 2.75) is 25.5 Å². The highest BCUT2D eigenvalue weighted by atomic mass is 35.5. The predicted octanol–water partition coefficient (Wildman–Crippen LogP) is 1.86. The van der Waals surface area contributed by atoms with Crippen molar-refractivity contribution < 1.29 is 9.53 Å². The third kappa shape index (κ3) is 4.21. The number of aromatic nitrogens is 2. The van der Waals surface area contributed by atoms with Gasteiger partial charge in [-0.05, 0) is 31.0 Å². The Kier molecular flexibility index (Phi) is 5.27. The second-order valence-electron chi connectivity index (χ2n) is 5.66. The zero-order chi connectivity index (χ0) is 16.9. The Morgan fingerprint density at radius 1 is 1.29 bits per heavy atom. The summed E-state index contributed by atoms with van der Waals surface area (Å²) in [6.07, 6.45) is 2.04. The van der Waals surface area contributed by atoms with Crippen LogP contribution in [0.2, 0.25) is 5.02 Å². The summed E-state index contributed by atoms with van der Waals surface area (Å²) in [6, 6.07) is 10.2. The van der Waals surface area contributed by atoms with Gasteiger partial charge in [0.05, 0.1) is 11.8 Å². The van der Waals surface area contributed by atoms with Gasteiger partial charge in [0.2, 0.25) is 5.91 Å². The van der Waals surface area contributed by atoms with Gasteiger partial charge in [0, 0.05) is 29.8 Å². The van der Waals surface area contributed by atoms with E-state index in [9.17, 15) is 9.59 Å². The number of carbonyl (C=O) groups is 1. The minimum atomic E-state index is -0.319. The molecular formula is C17H18ClN3O3. The molecule has 126 valence electrons. The zero-order valence-corrected chi connectivity index (χ0v) is 13.8. The van der Waals surface area contributed by atoms with Crippen molar-refractivity contribution in [3.8, 4) is 11.3 Å². The van der Waals surface area contributed by atoms with E-state index in [4.69, 9.17) is 16.3 Å². The molecule has 6 nitrogen and oxygen atoms in total. The fourth-order valence-electron chi connectivity index (χ4n) is 2.56. The van der Waals surface area contributed by atoms with Gasteiger partial charge in [0.1, 0.15) is 6.54 Å². The Morgan fingerprint density at radius 3 is 2.79 bits per heavy atom. The molecule has 1 aromatic heterocycles. The predicted molar refractivity (Wildman–Crippen MR) is 90.9 cm³/mol. The van der Waals surface area contributed by atoms with Crippen LogP contribution in [0.5, 0.6) is 0 Å². The Labute approximate surface area is 144 Å². The van der Waals surface area contributed by atoms with Gasteiger partial charge in [0.15, 0.2) is 0 Å². The number of amides is 1. The first-order valence-electron chi connectivity index (χ1n) is 7.84. The molecule has 1 amide bonds. The Bertz CT molecular complexity index is 767. The highest BCUT2D eigenvalue weighted by Crippen LogP contribution is 2.18. The molecule has 0 unspecified atom stereocenters. The van der Waals surface area contributed by atoms with Crippen molar-refractivity contribution in [2.75, 3.05) is 13.2 Å². The molecule has 0 aliphatic carbocycles. The third-order valence-electron chi connectivity index (χ3n) is 3.85. The van der Waals surface area contributed by atoms with Crippen LogP contribution in [0, 0.1) is 0 Å². The van der Waals surface area contributed by atoms with E-state index in [1.165, 1.54) is 6.07 Å². The van der Waals surface area contributed by atoms with Gasteiger partial charge in [0.25, 0.3) is 5.56 Å². The molecule has 0 spiro atoms. The quantitative estimate of drug-likeness (QED) is 0.896. The second-order valence-corrected chi connectivity index (χ2v) is 6.10. The van der Waals surface area contributed by atoms with Crippen LogP contribution in [-0.4, -0.2) is 34.9 Å². The molecule has 1 atom stereocenters. The SMILES string of the molecule is O=C(Cn1nc(-c2ccc(Cl)cc2)ccc1=O)NC[C@@H]1CCCO1. The number of halogens is 1. The summed E-state index contributed by atoms with van der Waals surface area (Å²) in [6.45, 7) is 1.09. The number of benzene rings is 1. The summed E-state index contributed by atoms with van der Waals surface area (Å²) in [5.74, 6) is -0.256. The average molecular weight is 348 g/mol. The van der Waals surface area contributed by atoms with E-state index in [1.54, 1.807) is 18.2 Å². The van der Waals surface area contributed by atoms with E-state index < -0.39 is 0 Å². The van der Waals surface area contributed by atoms with Gasteiger partial charge in [-0.3, -0.25) is 9.59 Å². The molecule has 1 N–H and O–H groups in total. The van der Waals surface area contributed by atoms with Crippen molar-refractivity contribution >= 4 is 17.5 Å². The Balaban J connectivity index is 1.68. The number of hydrogen-bond acceptors (Lipinski definition) is 4. The van der Waals surface area contributed by atoms with Crippen LogP contribution in [-0.2, 0) is 16.1 Å². The van der Waals surface area contributed by atoms with Crippen molar-refractivity contribution in [3.05, 3.63) is 51.8 Å². The van der Waals surface area contributed by atoms with Gasteiger partial charge < -0.3 is 10.1 Å². The van der Waals surface area contributed by atoms with Crippen LogP contribution in [0.1, 0.15) is 12.8 Å². The fourth-order valence-corrected chi connectivity index (χ4v) is 2.69. The van der Waals surface area contributed by atoms with E-state index in [0.29, 0.717) is 17.3 Å². The summed E-state index contributed by atoms with van der Waals surface area (Å²) < 4.78 is 6.62. The summed E-state index contributed by atoms with van der Waals surface area (Å²) in [7, 11) is 0. The number of nitrogens with one attached hydrogen (secondary N) is 1. The van der Waals surface area contributed by atoms with E-state index in [2.05, 4.69) is 10.4 Å². The lowest BCUT2D eigenvalue weighted by molar-refractivity contribution is -0.122. The van der Waals surface area contributed by atoms with Gasteiger partial charge in [-0.1, -0.05) is 23.7 Å². The molecule has 1 aliphatic rings. The Hall–Kier alpha value is -2.18. The van der Waals surface area contributed by atoms with Gasteiger partial charge in [-0.25, -0.2) is 4.68 Å². The monoisotopic (exact) mass is 347 g/mol. The molecule has 24 heavy (non-hydrogen) atoms. The molecule has 3 rings (SSSR count). The first-order chi connectivity index (χ1) is 11.6. The fraction of sp³-hybridized carbons (Fsp3) is 0.353. The number of carbonyl (C=O) groups excluding carboxylic acids is 1. The molecule has 1 aliphatic heterocycles. The minimum absolute atomic E-state index is 0.0685. The van der Waals surface area contributed by atoms with E-state index in [1.807, 2.05) is 12.1 Å². The van der Waals surface area contributed by atoms with Crippen molar-refractivity contribution in [3.63, 3.8) is 0 Å². The molecule has 2 heterocycles. The number of hydrogen-bond donors (Lipinski definition) is 1. The van der Waals surface area contributed by atoms with Crippen LogP contribution in [0.3, 0.4) is 0 Å². The lowest BCUT2D eigenvalue weighted by Crippen LogP contribution is -2.37. The van der Waals surface area contributed by atoms with Crippen LogP contribution < -0.4 is 10.9 Å². The zero-order valence-electron chi connectivity index (χ0n) is 13.1. The average Bonchev–Trinajstić information content (AvgIpc) is 3.09. The van der Waals surface area contributed by atoms with Crippen LogP contribution in [0.25, 0.3) is 11.3 Å². The van der Waals surface area contributed by atoms with Crippen LogP contribution in [0.4, 0.5) is 0 Å². The molecule has 0 saturated carbocycles. The molecule has 1 saturated heterocycles. The maximum Gasteiger partial charge on any atom is 0.267 e. The topological polar surface area (TPSA) is 73.2 Å². The first kappa shape index (κ1) is 16.7. The lowest BCUT2D eigenvalue weighted by atomic mass is 10.1. The van der Waals surface area contributed by atoms with Gasteiger partial charge in [-0.2, -0.15) is 5.10 Å². The standard InChI is InChI=1S/C17H18ClN3O3/c18-13-5-3-12(4-6-13)15-7-8-17(23)21(20-15)11-16(22)19-10-14-2-1-9-24-14/h3-8,14H,1-2,9-11H2,(H,19,22)/t14-/m0/s1. The smallest absolute Gasteiger partial charge is 0.267 e. The molecule has 0 radical (unpaired) electrons. The lowest BCUT2D eigenvalue weighted by Gasteiger charge is -2.11. The van der Waals surface area contributed by atoms with Crippen LogP contribution >= 0.6 is 11.6 Å². The summed E-state index contributed by atoms with van der Waals surface area (Å²) in [4.78, 5) is 24.0. The van der Waals surface area contributed by atoms with Crippen molar-refractivity contribution in [2.24, 2.45) is 0 Å². The molecule has 0 bridgehead atoms. The van der Waals surface area contributed by atoms with Gasteiger partial charge >= 0.3 is 0 Å². The molecular weight excluding hydrogens is 330 g/mol.